The van der Waals surface area contributed by atoms with Crippen molar-refractivity contribution in [2.75, 3.05) is 4.72 Å². The summed E-state index contributed by atoms with van der Waals surface area (Å²) < 4.78 is 28.8. The Kier molecular flexibility index (Phi) is 5.76. The number of aryl methyl sites for hydroxylation is 1. The highest BCUT2D eigenvalue weighted by molar-refractivity contribution is 7.92. The maximum atomic E-state index is 13.0. The number of hydrogen-bond donors (Lipinski definition) is 2. The SMILES string of the molecule is Cc1ccc(C(=O)O)cc1S(=O)(=O)Nc1c(C(C)C)cccc1C(C)C. The molecule has 140 valence electrons. The van der Waals surface area contributed by atoms with Gasteiger partial charge in [-0.15, -0.1) is 0 Å². The fourth-order valence-electron chi connectivity index (χ4n) is 2.88. The van der Waals surface area contributed by atoms with Crippen LogP contribution in [0.15, 0.2) is 41.3 Å². The maximum Gasteiger partial charge on any atom is 0.335 e. The number of carboxylic acid groups (broad SMARTS) is 1. The monoisotopic (exact) mass is 375 g/mol. The molecule has 26 heavy (non-hydrogen) atoms. The zero-order chi connectivity index (χ0) is 19.6. The molecular formula is C20H25NO4S. The van der Waals surface area contributed by atoms with Crippen LogP contribution in [0.5, 0.6) is 0 Å². The Balaban J connectivity index is 2.61. The van der Waals surface area contributed by atoms with Gasteiger partial charge in [-0.2, -0.15) is 0 Å². The molecule has 0 heterocycles. The molecular weight excluding hydrogens is 350 g/mol. The van der Waals surface area contributed by atoms with E-state index in [9.17, 15) is 18.3 Å². The highest BCUT2D eigenvalue weighted by atomic mass is 32.2. The van der Waals surface area contributed by atoms with E-state index in [0.29, 0.717) is 11.3 Å². The summed E-state index contributed by atoms with van der Waals surface area (Å²) in [6.45, 7) is 9.68. The minimum Gasteiger partial charge on any atom is -0.478 e. The van der Waals surface area contributed by atoms with Crippen LogP contribution in [0.2, 0.25) is 0 Å². The van der Waals surface area contributed by atoms with Crippen molar-refractivity contribution < 1.29 is 18.3 Å². The van der Waals surface area contributed by atoms with E-state index in [1.165, 1.54) is 18.2 Å². The molecule has 0 spiro atoms. The van der Waals surface area contributed by atoms with E-state index in [1.54, 1.807) is 6.92 Å². The molecule has 0 saturated heterocycles. The Hall–Kier alpha value is -2.34. The van der Waals surface area contributed by atoms with Crippen molar-refractivity contribution in [3.8, 4) is 0 Å². The summed E-state index contributed by atoms with van der Waals surface area (Å²) >= 11 is 0. The topological polar surface area (TPSA) is 83.5 Å². The van der Waals surface area contributed by atoms with E-state index < -0.39 is 16.0 Å². The van der Waals surface area contributed by atoms with Crippen LogP contribution in [-0.4, -0.2) is 19.5 Å². The number of rotatable bonds is 6. The lowest BCUT2D eigenvalue weighted by molar-refractivity contribution is 0.0696. The number of carbonyl (C=O) groups is 1. The van der Waals surface area contributed by atoms with E-state index >= 15 is 0 Å². The first-order valence-corrected chi connectivity index (χ1v) is 10.0. The van der Waals surface area contributed by atoms with Crippen molar-refractivity contribution in [1.82, 2.24) is 0 Å². The average Bonchev–Trinajstić information content (AvgIpc) is 2.54. The molecule has 0 radical (unpaired) electrons. The summed E-state index contributed by atoms with van der Waals surface area (Å²) in [5.41, 5.74) is 2.84. The average molecular weight is 375 g/mol. The molecule has 6 heteroatoms. The lowest BCUT2D eigenvalue weighted by Gasteiger charge is -2.21. The predicted octanol–water partition coefficient (Wildman–Crippen LogP) is 4.74. The molecule has 2 aromatic rings. The van der Waals surface area contributed by atoms with Gasteiger partial charge in [0.1, 0.15) is 0 Å². The van der Waals surface area contributed by atoms with Gasteiger partial charge in [0.15, 0.2) is 0 Å². The second-order valence-electron chi connectivity index (χ2n) is 7.01. The van der Waals surface area contributed by atoms with Crippen LogP contribution in [0, 0.1) is 6.92 Å². The molecule has 2 N–H and O–H groups in total. The quantitative estimate of drug-likeness (QED) is 0.764. The summed E-state index contributed by atoms with van der Waals surface area (Å²) in [5, 5.41) is 9.17. The smallest absolute Gasteiger partial charge is 0.335 e. The molecule has 5 nitrogen and oxygen atoms in total. The van der Waals surface area contributed by atoms with Gasteiger partial charge in [0, 0.05) is 0 Å². The van der Waals surface area contributed by atoms with Gasteiger partial charge in [-0.1, -0.05) is 52.0 Å². The van der Waals surface area contributed by atoms with E-state index in [2.05, 4.69) is 4.72 Å². The lowest BCUT2D eigenvalue weighted by atomic mass is 9.93. The summed E-state index contributed by atoms with van der Waals surface area (Å²) in [6, 6.07) is 9.86. The first-order chi connectivity index (χ1) is 12.0. The van der Waals surface area contributed by atoms with Crippen molar-refractivity contribution >= 4 is 21.7 Å². The van der Waals surface area contributed by atoms with E-state index in [0.717, 1.165) is 11.1 Å². The summed E-state index contributed by atoms with van der Waals surface area (Å²) in [6.07, 6.45) is 0. The van der Waals surface area contributed by atoms with Gasteiger partial charge in [-0.05, 0) is 47.6 Å². The third-order valence-corrected chi connectivity index (χ3v) is 5.83. The molecule has 0 unspecified atom stereocenters. The molecule has 0 atom stereocenters. The Morgan fingerprint density at radius 2 is 1.54 bits per heavy atom. The summed E-state index contributed by atoms with van der Waals surface area (Å²) in [7, 11) is -3.93. The third kappa shape index (κ3) is 4.07. The van der Waals surface area contributed by atoms with Gasteiger partial charge < -0.3 is 5.11 Å². The molecule has 0 fully saturated rings. The molecule has 0 aliphatic rings. The van der Waals surface area contributed by atoms with Crippen LogP contribution >= 0.6 is 0 Å². The number of aromatic carboxylic acids is 1. The van der Waals surface area contributed by atoms with Crippen LogP contribution in [0.3, 0.4) is 0 Å². The predicted molar refractivity (Wildman–Crippen MR) is 104 cm³/mol. The zero-order valence-corrected chi connectivity index (χ0v) is 16.5. The Morgan fingerprint density at radius 3 is 2.00 bits per heavy atom. The standard InChI is InChI=1S/C20H25NO4S/c1-12(2)16-7-6-8-17(13(3)4)19(16)21-26(24,25)18-11-15(20(22)23)10-9-14(18)5/h6-13,21H,1-5H3,(H,22,23). The number of anilines is 1. The second-order valence-corrected chi connectivity index (χ2v) is 8.66. The van der Waals surface area contributed by atoms with Crippen LogP contribution in [0.4, 0.5) is 5.69 Å². The molecule has 0 aliphatic carbocycles. The van der Waals surface area contributed by atoms with Crippen molar-refractivity contribution in [2.24, 2.45) is 0 Å². The maximum absolute atomic E-state index is 13.0. The lowest BCUT2D eigenvalue weighted by Crippen LogP contribution is -2.18. The van der Waals surface area contributed by atoms with Crippen LogP contribution in [-0.2, 0) is 10.0 Å². The fourth-order valence-corrected chi connectivity index (χ4v) is 4.27. The molecule has 2 rings (SSSR count). The molecule has 0 bridgehead atoms. The van der Waals surface area contributed by atoms with Crippen molar-refractivity contribution in [2.45, 2.75) is 51.3 Å². The third-order valence-electron chi connectivity index (χ3n) is 4.33. The first-order valence-electron chi connectivity index (χ1n) is 8.54. The number of nitrogens with one attached hydrogen (secondary N) is 1. The van der Waals surface area contributed by atoms with Crippen molar-refractivity contribution in [3.63, 3.8) is 0 Å². The Morgan fingerprint density at radius 1 is 1.00 bits per heavy atom. The molecule has 2 aromatic carbocycles. The number of hydrogen-bond acceptors (Lipinski definition) is 3. The van der Waals surface area contributed by atoms with Crippen LogP contribution < -0.4 is 4.72 Å². The minimum atomic E-state index is -3.93. The van der Waals surface area contributed by atoms with E-state index in [-0.39, 0.29) is 22.3 Å². The second kappa shape index (κ2) is 7.50. The number of benzene rings is 2. The normalized spacial score (nSPS) is 11.8. The Labute approximate surface area is 155 Å². The highest BCUT2D eigenvalue weighted by Crippen LogP contribution is 2.34. The molecule has 0 amide bonds. The highest BCUT2D eigenvalue weighted by Gasteiger charge is 2.23. The molecule has 0 aromatic heterocycles. The summed E-state index contributed by atoms with van der Waals surface area (Å²) in [5.74, 6) is -0.886. The largest absolute Gasteiger partial charge is 0.478 e. The first kappa shape index (κ1) is 20.0. The number of sulfonamides is 1. The number of carboxylic acids is 1. The Bertz CT molecular complexity index is 905. The molecule has 0 saturated carbocycles. The van der Waals surface area contributed by atoms with E-state index in [4.69, 9.17) is 0 Å². The van der Waals surface area contributed by atoms with Gasteiger partial charge in [-0.3, -0.25) is 4.72 Å². The minimum absolute atomic E-state index is 0.0225. The van der Waals surface area contributed by atoms with Crippen molar-refractivity contribution in [1.29, 1.82) is 0 Å². The van der Waals surface area contributed by atoms with Crippen LogP contribution in [0.1, 0.15) is 66.6 Å². The fraction of sp³-hybridized carbons (Fsp3) is 0.350. The van der Waals surface area contributed by atoms with E-state index in [1.807, 2.05) is 45.9 Å². The number of para-hydroxylation sites is 1. The molecule has 0 aliphatic heterocycles. The van der Waals surface area contributed by atoms with Crippen molar-refractivity contribution in [3.05, 3.63) is 58.7 Å². The van der Waals surface area contributed by atoms with Gasteiger partial charge >= 0.3 is 5.97 Å². The zero-order valence-electron chi connectivity index (χ0n) is 15.7. The van der Waals surface area contributed by atoms with Gasteiger partial charge in [0.25, 0.3) is 10.0 Å². The van der Waals surface area contributed by atoms with Gasteiger partial charge in [-0.25, -0.2) is 13.2 Å². The van der Waals surface area contributed by atoms with Gasteiger partial charge in [0.05, 0.1) is 16.1 Å². The van der Waals surface area contributed by atoms with Crippen LogP contribution in [0.25, 0.3) is 0 Å². The van der Waals surface area contributed by atoms with Gasteiger partial charge in [0.2, 0.25) is 0 Å². The summed E-state index contributed by atoms with van der Waals surface area (Å²) in [4.78, 5) is 11.2.